The van der Waals surface area contributed by atoms with E-state index in [9.17, 15) is 5.11 Å². The Kier molecular flexibility index (Phi) is 6.46. The highest BCUT2D eigenvalue weighted by Crippen LogP contribution is 2.39. The Hall–Kier alpha value is -0.780. The number of hydrogen-bond acceptors (Lipinski definition) is 2. The third kappa shape index (κ3) is 5.25. The minimum Gasteiger partial charge on any atom is -0.380 e. The fourth-order valence-corrected chi connectivity index (χ4v) is 2.57. The van der Waals surface area contributed by atoms with Gasteiger partial charge in [0.2, 0.25) is 0 Å². The molecule has 2 unspecified atom stereocenters. The van der Waals surface area contributed by atoms with Crippen LogP contribution in [0.2, 0.25) is 0 Å². The molecule has 0 bridgehead atoms. The molecule has 0 radical (unpaired) electrons. The van der Waals surface area contributed by atoms with Crippen molar-refractivity contribution in [3.8, 4) is 11.8 Å². The van der Waals surface area contributed by atoms with Crippen LogP contribution in [-0.2, 0) is 0 Å². The van der Waals surface area contributed by atoms with Crippen molar-refractivity contribution in [3.63, 3.8) is 0 Å². The quantitative estimate of drug-likeness (QED) is 0.736. The standard InChI is InChI=1S/C16H27NO/c1-3-6-15(18)9-8-14-7-4-10-16(2,13-14)11-5-12-17/h7,15,18H,3-6,10-13,17H2,1-2H3. The molecule has 0 aromatic heterocycles. The van der Waals surface area contributed by atoms with Gasteiger partial charge in [0, 0.05) is 0 Å². The fourth-order valence-electron chi connectivity index (χ4n) is 2.57. The molecule has 3 N–H and O–H groups in total. The van der Waals surface area contributed by atoms with Gasteiger partial charge in [-0.25, -0.2) is 0 Å². The molecular formula is C16H27NO. The molecule has 0 heterocycles. The Morgan fingerprint density at radius 2 is 2.33 bits per heavy atom. The van der Waals surface area contributed by atoms with E-state index in [2.05, 4.69) is 31.8 Å². The monoisotopic (exact) mass is 249 g/mol. The zero-order valence-electron chi connectivity index (χ0n) is 11.8. The fraction of sp³-hybridized carbons (Fsp3) is 0.750. The summed E-state index contributed by atoms with van der Waals surface area (Å²) < 4.78 is 0. The lowest BCUT2D eigenvalue weighted by molar-refractivity contribution is 0.220. The van der Waals surface area contributed by atoms with E-state index in [4.69, 9.17) is 5.73 Å². The van der Waals surface area contributed by atoms with Crippen LogP contribution in [0.1, 0.15) is 58.8 Å². The van der Waals surface area contributed by atoms with Crippen molar-refractivity contribution >= 4 is 0 Å². The van der Waals surface area contributed by atoms with E-state index in [0.29, 0.717) is 5.41 Å². The maximum absolute atomic E-state index is 9.63. The summed E-state index contributed by atoms with van der Waals surface area (Å²) in [6.07, 6.45) is 9.16. The molecule has 1 aliphatic carbocycles. The van der Waals surface area contributed by atoms with Gasteiger partial charge in [0.05, 0.1) is 0 Å². The number of rotatable bonds is 5. The normalized spacial score (nSPS) is 25.0. The number of aliphatic hydroxyl groups excluding tert-OH is 1. The smallest absolute Gasteiger partial charge is 0.115 e. The van der Waals surface area contributed by atoms with Crippen molar-refractivity contribution in [1.29, 1.82) is 0 Å². The highest BCUT2D eigenvalue weighted by Gasteiger charge is 2.26. The zero-order valence-corrected chi connectivity index (χ0v) is 11.8. The van der Waals surface area contributed by atoms with E-state index in [0.717, 1.165) is 38.6 Å². The molecule has 0 fully saturated rings. The molecule has 0 saturated heterocycles. The first kappa shape index (κ1) is 15.3. The molecule has 0 aromatic rings. The Bertz CT molecular complexity index is 337. The van der Waals surface area contributed by atoms with Gasteiger partial charge in [-0.2, -0.15) is 0 Å². The first-order chi connectivity index (χ1) is 8.59. The number of hydrogen-bond donors (Lipinski definition) is 2. The predicted molar refractivity (Wildman–Crippen MR) is 77.0 cm³/mol. The number of allylic oxidation sites excluding steroid dienone is 2. The van der Waals surface area contributed by atoms with Crippen molar-refractivity contribution in [2.45, 2.75) is 64.9 Å². The van der Waals surface area contributed by atoms with Gasteiger partial charge >= 0.3 is 0 Å². The van der Waals surface area contributed by atoms with Crippen LogP contribution < -0.4 is 5.73 Å². The molecule has 2 atom stereocenters. The second kappa shape index (κ2) is 7.61. The largest absolute Gasteiger partial charge is 0.380 e. The summed E-state index contributed by atoms with van der Waals surface area (Å²) in [5, 5.41) is 9.63. The second-order valence-corrected chi connectivity index (χ2v) is 5.72. The first-order valence-electron chi connectivity index (χ1n) is 7.18. The van der Waals surface area contributed by atoms with Crippen LogP contribution in [0, 0.1) is 17.3 Å². The van der Waals surface area contributed by atoms with Gasteiger partial charge in [0.25, 0.3) is 0 Å². The molecule has 0 aromatic carbocycles. The molecule has 0 aliphatic heterocycles. The molecular weight excluding hydrogens is 222 g/mol. The van der Waals surface area contributed by atoms with Crippen LogP contribution >= 0.6 is 0 Å². The molecule has 1 aliphatic rings. The predicted octanol–water partition coefficient (Wildman–Crippen LogP) is 3.01. The van der Waals surface area contributed by atoms with Crippen molar-refractivity contribution in [1.82, 2.24) is 0 Å². The summed E-state index contributed by atoms with van der Waals surface area (Å²) in [4.78, 5) is 0. The summed E-state index contributed by atoms with van der Waals surface area (Å²) in [6, 6.07) is 0. The van der Waals surface area contributed by atoms with E-state index >= 15 is 0 Å². The third-order valence-corrected chi connectivity index (χ3v) is 3.70. The van der Waals surface area contributed by atoms with Gasteiger partial charge in [0.1, 0.15) is 6.10 Å². The summed E-state index contributed by atoms with van der Waals surface area (Å²) in [5.41, 5.74) is 7.15. The summed E-state index contributed by atoms with van der Waals surface area (Å²) in [5.74, 6) is 6.13. The van der Waals surface area contributed by atoms with Crippen LogP contribution in [0.5, 0.6) is 0 Å². The highest BCUT2D eigenvalue weighted by molar-refractivity contribution is 5.32. The first-order valence-corrected chi connectivity index (χ1v) is 7.18. The number of aliphatic hydroxyl groups is 1. The Morgan fingerprint density at radius 3 is 3.00 bits per heavy atom. The Balaban J connectivity index is 2.55. The molecule has 0 spiro atoms. The van der Waals surface area contributed by atoms with Crippen LogP contribution in [0.15, 0.2) is 11.6 Å². The van der Waals surface area contributed by atoms with E-state index in [1.54, 1.807) is 0 Å². The SMILES string of the molecule is CCCC(O)C#CC1=CCCC(C)(CCCN)C1. The molecule has 0 saturated carbocycles. The van der Waals surface area contributed by atoms with Gasteiger partial charge in [0.15, 0.2) is 0 Å². The lowest BCUT2D eigenvalue weighted by Gasteiger charge is -2.32. The minimum atomic E-state index is -0.465. The number of nitrogens with two attached hydrogens (primary N) is 1. The van der Waals surface area contributed by atoms with Gasteiger partial charge in [-0.3, -0.25) is 0 Å². The second-order valence-electron chi connectivity index (χ2n) is 5.72. The molecule has 2 nitrogen and oxygen atoms in total. The summed E-state index contributed by atoms with van der Waals surface area (Å²) >= 11 is 0. The molecule has 1 rings (SSSR count). The third-order valence-electron chi connectivity index (χ3n) is 3.70. The summed E-state index contributed by atoms with van der Waals surface area (Å²) in [7, 11) is 0. The maximum Gasteiger partial charge on any atom is 0.115 e. The van der Waals surface area contributed by atoms with Crippen molar-refractivity contribution in [2.24, 2.45) is 11.1 Å². The van der Waals surface area contributed by atoms with Gasteiger partial charge in [-0.15, -0.1) is 0 Å². The Labute approximate surface area is 112 Å². The van der Waals surface area contributed by atoms with Crippen molar-refractivity contribution in [2.75, 3.05) is 6.54 Å². The average molecular weight is 249 g/mol. The molecule has 18 heavy (non-hydrogen) atoms. The average Bonchev–Trinajstić information content (AvgIpc) is 2.35. The van der Waals surface area contributed by atoms with E-state index in [1.807, 2.05) is 0 Å². The van der Waals surface area contributed by atoms with Gasteiger partial charge in [-0.1, -0.05) is 38.2 Å². The van der Waals surface area contributed by atoms with Crippen LogP contribution in [0.3, 0.4) is 0 Å². The summed E-state index contributed by atoms with van der Waals surface area (Å²) in [6.45, 7) is 5.17. The Morgan fingerprint density at radius 1 is 1.56 bits per heavy atom. The van der Waals surface area contributed by atoms with Crippen molar-refractivity contribution in [3.05, 3.63) is 11.6 Å². The van der Waals surface area contributed by atoms with Crippen LogP contribution in [-0.4, -0.2) is 17.8 Å². The van der Waals surface area contributed by atoms with Crippen LogP contribution in [0.25, 0.3) is 0 Å². The van der Waals surface area contributed by atoms with E-state index in [1.165, 1.54) is 18.4 Å². The maximum atomic E-state index is 9.63. The topological polar surface area (TPSA) is 46.2 Å². The van der Waals surface area contributed by atoms with Gasteiger partial charge < -0.3 is 10.8 Å². The zero-order chi connectivity index (χ0) is 13.4. The van der Waals surface area contributed by atoms with E-state index in [-0.39, 0.29) is 0 Å². The lowest BCUT2D eigenvalue weighted by Crippen LogP contribution is -2.21. The lowest BCUT2D eigenvalue weighted by atomic mass is 9.73. The highest BCUT2D eigenvalue weighted by atomic mass is 16.3. The van der Waals surface area contributed by atoms with E-state index < -0.39 is 6.10 Å². The molecule has 102 valence electrons. The molecule has 0 amide bonds. The molecule has 2 heteroatoms. The van der Waals surface area contributed by atoms with Gasteiger partial charge in [-0.05, 0) is 56.1 Å². The van der Waals surface area contributed by atoms with Crippen LogP contribution in [0.4, 0.5) is 0 Å². The van der Waals surface area contributed by atoms with Crippen molar-refractivity contribution < 1.29 is 5.11 Å². The minimum absolute atomic E-state index is 0.355.